The summed E-state index contributed by atoms with van der Waals surface area (Å²) < 4.78 is 5.99. The number of aryl methyl sites for hydroxylation is 2. The molecule has 0 aliphatic carbocycles. The molecule has 3 nitrogen and oxygen atoms in total. The smallest absolute Gasteiger partial charge is 0.261 e. The molecular weight excluding hydrogens is 346 g/mol. The number of hydrogen-bond donors (Lipinski definition) is 1. The number of nitrogens with one attached hydrogen (secondary N) is 1. The van der Waals surface area contributed by atoms with Crippen molar-refractivity contribution >= 4 is 5.91 Å². The highest BCUT2D eigenvalue weighted by Crippen LogP contribution is 2.25. The molecule has 0 spiro atoms. The minimum absolute atomic E-state index is 0.136. The van der Waals surface area contributed by atoms with Crippen LogP contribution in [-0.2, 0) is 11.2 Å². The third kappa shape index (κ3) is 4.61. The zero-order valence-corrected chi connectivity index (χ0v) is 16.7. The maximum atomic E-state index is 13.0. The van der Waals surface area contributed by atoms with E-state index in [0.29, 0.717) is 0 Å². The Morgan fingerprint density at radius 3 is 2.29 bits per heavy atom. The first-order chi connectivity index (χ1) is 13.6. The second kappa shape index (κ2) is 9.23. The summed E-state index contributed by atoms with van der Waals surface area (Å²) in [6.07, 6.45) is 0.267. The fourth-order valence-corrected chi connectivity index (χ4v) is 3.31. The van der Waals surface area contributed by atoms with Crippen LogP contribution in [-0.4, -0.2) is 12.0 Å². The molecule has 1 amide bonds. The molecule has 0 fully saturated rings. The molecule has 0 unspecified atom stereocenters. The third-order valence-corrected chi connectivity index (χ3v) is 4.95. The van der Waals surface area contributed by atoms with Crippen molar-refractivity contribution in [1.29, 1.82) is 0 Å². The molecule has 0 saturated carbocycles. The van der Waals surface area contributed by atoms with Crippen molar-refractivity contribution in [3.8, 4) is 5.75 Å². The minimum Gasteiger partial charge on any atom is -0.481 e. The molecule has 3 aromatic rings. The number of amides is 1. The molecule has 0 bridgehead atoms. The highest BCUT2D eigenvalue weighted by atomic mass is 16.5. The Kier molecular flexibility index (Phi) is 6.49. The van der Waals surface area contributed by atoms with E-state index in [4.69, 9.17) is 4.74 Å². The SMILES string of the molecule is CCc1ccccc1O[C@H](C)C(=O)N[C@@H](c1ccccc1)c1ccccc1C. The maximum Gasteiger partial charge on any atom is 0.261 e. The standard InChI is InChI=1S/C25H27NO2/c1-4-20-13-9-11-17-23(20)28-19(3)25(27)26-24(21-14-6-5-7-15-21)22-16-10-8-12-18(22)2/h5-17,19,24H,4H2,1-3H3,(H,26,27)/t19-,24+/m1/s1. The molecule has 2 atom stereocenters. The van der Waals surface area contributed by atoms with Crippen LogP contribution in [0.3, 0.4) is 0 Å². The van der Waals surface area contributed by atoms with Crippen LogP contribution < -0.4 is 10.1 Å². The van der Waals surface area contributed by atoms with Crippen molar-refractivity contribution in [2.24, 2.45) is 0 Å². The second-order valence-electron chi connectivity index (χ2n) is 6.93. The summed E-state index contributed by atoms with van der Waals surface area (Å²) in [5, 5.41) is 3.18. The minimum atomic E-state index is -0.595. The van der Waals surface area contributed by atoms with Crippen LogP contribution >= 0.6 is 0 Å². The van der Waals surface area contributed by atoms with E-state index in [1.165, 1.54) is 0 Å². The molecule has 28 heavy (non-hydrogen) atoms. The van der Waals surface area contributed by atoms with E-state index >= 15 is 0 Å². The van der Waals surface area contributed by atoms with Crippen LogP contribution in [0.2, 0.25) is 0 Å². The van der Waals surface area contributed by atoms with Gasteiger partial charge in [0.15, 0.2) is 6.10 Å². The van der Waals surface area contributed by atoms with Crippen LogP contribution in [0.4, 0.5) is 0 Å². The van der Waals surface area contributed by atoms with Gasteiger partial charge in [-0.2, -0.15) is 0 Å². The first-order valence-electron chi connectivity index (χ1n) is 9.75. The second-order valence-corrected chi connectivity index (χ2v) is 6.93. The molecule has 0 radical (unpaired) electrons. The van der Waals surface area contributed by atoms with E-state index < -0.39 is 6.10 Å². The zero-order valence-electron chi connectivity index (χ0n) is 16.7. The summed E-state index contributed by atoms with van der Waals surface area (Å²) in [7, 11) is 0. The summed E-state index contributed by atoms with van der Waals surface area (Å²) in [6, 6.07) is 25.8. The van der Waals surface area contributed by atoms with Gasteiger partial charge in [-0.15, -0.1) is 0 Å². The van der Waals surface area contributed by atoms with Gasteiger partial charge in [-0.1, -0.05) is 79.7 Å². The number of benzene rings is 3. The van der Waals surface area contributed by atoms with Gasteiger partial charge < -0.3 is 10.1 Å². The lowest BCUT2D eigenvalue weighted by Crippen LogP contribution is -2.39. The van der Waals surface area contributed by atoms with Gasteiger partial charge in [-0.25, -0.2) is 0 Å². The van der Waals surface area contributed by atoms with Crippen molar-refractivity contribution in [3.05, 3.63) is 101 Å². The third-order valence-electron chi connectivity index (χ3n) is 4.95. The number of para-hydroxylation sites is 1. The van der Waals surface area contributed by atoms with E-state index in [1.807, 2.05) is 66.7 Å². The Morgan fingerprint density at radius 2 is 1.57 bits per heavy atom. The Balaban J connectivity index is 1.82. The lowest BCUT2D eigenvalue weighted by atomic mass is 9.95. The van der Waals surface area contributed by atoms with Gasteiger partial charge in [0.25, 0.3) is 5.91 Å². The van der Waals surface area contributed by atoms with Crippen LogP contribution in [0.5, 0.6) is 5.75 Å². The van der Waals surface area contributed by atoms with E-state index in [1.54, 1.807) is 6.92 Å². The van der Waals surface area contributed by atoms with Gasteiger partial charge in [-0.05, 0) is 48.6 Å². The monoisotopic (exact) mass is 373 g/mol. The lowest BCUT2D eigenvalue weighted by molar-refractivity contribution is -0.127. The molecule has 3 rings (SSSR count). The maximum absolute atomic E-state index is 13.0. The highest BCUT2D eigenvalue weighted by molar-refractivity contribution is 5.81. The lowest BCUT2D eigenvalue weighted by Gasteiger charge is -2.24. The highest BCUT2D eigenvalue weighted by Gasteiger charge is 2.23. The Bertz CT molecular complexity index is 921. The van der Waals surface area contributed by atoms with Gasteiger partial charge >= 0.3 is 0 Å². The molecule has 3 aromatic carbocycles. The van der Waals surface area contributed by atoms with Crippen molar-refractivity contribution in [2.45, 2.75) is 39.3 Å². The van der Waals surface area contributed by atoms with Crippen molar-refractivity contribution in [2.75, 3.05) is 0 Å². The van der Waals surface area contributed by atoms with E-state index in [0.717, 1.165) is 34.4 Å². The normalized spacial score (nSPS) is 12.8. The predicted molar refractivity (Wildman–Crippen MR) is 114 cm³/mol. The average molecular weight is 373 g/mol. The van der Waals surface area contributed by atoms with Crippen molar-refractivity contribution in [3.63, 3.8) is 0 Å². The van der Waals surface area contributed by atoms with Crippen molar-refractivity contribution < 1.29 is 9.53 Å². The molecule has 1 N–H and O–H groups in total. The molecule has 0 aromatic heterocycles. The molecule has 3 heteroatoms. The fraction of sp³-hybridized carbons (Fsp3) is 0.240. The molecule has 144 valence electrons. The van der Waals surface area contributed by atoms with Crippen LogP contribution in [0.15, 0.2) is 78.9 Å². The quantitative estimate of drug-likeness (QED) is 0.616. The van der Waals surface area contributed by atoms with Gasteiger partial charge in [0.2, 0.25) is 0 Å². The molecule has 0 aliphatic rings. The van der Waals surface area contributed by atoms with Crippen LogP contribution in [0.1, 0.15) is 42.1 Å². The predicted octanol–water partition coefficient (Wildman–Crippen LogP) is 5.23. The average Bonchev–Trinajstić information content (AvgIpc) is 2.73. The zero-order chi connectivity index (χ0) is 19.9. The topological polar surface area (TPSA) is 38.3 Å². The van der Waals surface area contributed by atoms with Crippen LogP contribution in [0.25, 0.3) is 0 Å². The van der Waals surface area contributed by atoms with E-state index in [9.17, 15) is 4.79 Å². The largest absolute Gasteiger partial charge is 0.481 e. The molecular formula is C25H27NO2. The van der Waals surface area contributed by atoms with E-state index in [-0.39, 0.29) is 11.9 Å². The van der Waals surface area contributed by atoms with Gasteiger partial charge in [0.05, 0.1) is 6.04 Å². The fourth-order valence-electron chi connectivity index (χ4n) is 3.31. The first-order valence-corrected chi connectivity index (χ1v) is 9.75. The summed E-state index contributed by atoms with van der Waals surface area (Å²) >= 11 is 0. The molecule has 0 aliphatic heterocycles. The summed E-state index contributed by atoms with van der Waals surface area (Å²) in [6.45, 7) is 5.94. The Morgan fingerprint density at radius 1 is 0.929 bits per heavy atom. The molecule has 0 saturated heterocycles. The van der Waals surface area contributed by atoms with Crippen LogP contribution in [0, 0.1) is 6.92 Å². The first kappa shape index (κ1) is 19.7. The number of rotatable bonds is 7. The van der Waals surface area contributed by atoms with Gasteiger partial charge in [0, 0.05) is 0 Å². The Labute approximate surface area is 167 Å². The van der Waals surface area contributed by atoms with Gasteiger partial charge in [0.1, 0.15) is 5.75 Å². The molecule has 0 heterocycles. The summed E-state index contributed by atoms with van der Waals surface area (Å²) in [5.74, 6) is 0.628. The van der Waals surface area contributed by atoms with E-state index in [2.05, 4.69) is 31.3 Å². The summed E-state index contributed by atoms with van der Waals surface area (Å²) in [4.78, 5) is 13.0. The number of ether oxygens (including phenoxy) is 1. The summed E-state index contributed by atoms with van der Waals surface area (Å²) in [5.41, 5.74) is 4.37. The number of carbonyl (C=O) groups is 1. The number of carbonyl (C=O) groups excluding carboxylic acids is 1. The van der Waals surface area contributed by atoms with Crippen molar-refractivity contribution in [1.82, 2.24) is 5.32 Å². The van der Waals surface area contributed by atoms with Gasteiger partial charge in [-0.3, -0.25) is 4.79 Å². The Hall–Kier alpha value is -3.07. The number of hydrogen-bond acceptors (Lipinski definition) is 2.